The molecule has 1 heterocycles. The van der Waals surface area contributed by atoms with Crippen LogP contribution in [0.5, 0.6) is 5.75 Å². The number of unbranched alkanes of at least 4 members (excludes halogenated alkanes) is 1. The zero-order valence-corrected chi connectivity index (χ0v) is 13.4. The molecule has 0 aliphatic heterocycles. The number of anilines is 1. The topological polar surface area (TPSA) is 51.4 Å². The first kappa shape index (κ1) is 15.6. The minimum absolute atomic E-state index is 0.742. The van der Waals surface area contributed by atoms with Crippen molar-refractivity contribution >= 4 is 16.6 Å². The van der Waals surface area contributed by atoms with Gasteiger partial charge in [0.25, 0.3) is 0 Å². The molecule has 0 saturated heterocycles. The summed E-state index contributed by atoms with van der Waals surface area (Å²) in [4.78, 5) is 6.84. The van der Waals surface area contributed by atoms with Gasteiger partial charge in [-0.1, -0.05) is 6.07 Å². The number of hydrogen-bond acceptors (Lipinski definition) is 4. The van der Waals surface area contributed by atoms with Gasteiger partial charge in [0, 0.05) is 30.9 Å². The lowest BCUT2D eigenvalue weighted by Gasteiger charge is -2.20. The molecule has 0 unspecified atom stereocenters. The number of rotatable bonds is 6. The number of aryl methyl sites for hydroxylation is 2. The van der Waals surface area contributed by atoms with Gasteiger partial charge < -0.3 is 15.4 Å². The Balaban J connectivity index is 2.64. The summed E-state index contributed by atoms with van der Waals surface area (Å²) in [7, 11) is 5.83. The Morgan fingerprint density at radius 1 is 1.24 bits per heavy atom. The predicted molar refractivity (Wildman–Crippen MR) is 89.4 cm³/mol. The Bertz CT molecular complexity index is 623. The highest BCUT2D eigenvalue weighted by Gasteiger charge is 2.14. The molecule has 2 rings (SSSR count). The molecule has 114 valence electrons. The number of nitrogens with two attached hydrogens (primary N) is 1. The SMILES string of the molecule is COc1ccc(CCCCN)c2c(N(C)C)cc(C)nc12. The van der Waals surface area contributed by atoms with E-state index in [4.69, 9.17) is 15.5 Å². The van der Waals surface area contributed by atoms with Crippen molar-refractivity contribution in [3.8, 4) is 5.75 Å². The summed E-state index contributed by atoms with van der Waals surface area (Å²) in [5.41, 5.74) is 10.1. The van der Waals surface area contributed by atoms with Gasteiger partial charge in [-0.2, -0.15) is 0 Å². The molecule has 0 aliphatic rings. The van der Waals surface area contributed by atoms with E-state index in [-0.39, 0.29) is 0 Å². The van der Waals surface area contributed by atoms with Gasteiger partial charge in [-0.25, -0.2) is 4.98 Å². The van der Waals surface area contributed by atoms with Crippen LogP contribution >= 0.6 is 0 Å². The van der Waals surface area contributed by atoms with Crippen LogP contribution in [-0.2, 0) is 6.42 Å². The minimum atomic E-state index is 0.742. The van der Waals surface area contributed by atoms with Crippen LogP contribution in [0.15, 0.2) is 18.2 Å². The lowest BCUT2D eigenvalue weighted by atomic mass is 10.00. The van der Waals surface area contributed by atoms with E-state index in [2.05, 4.69) is 31.1 Å². The summed E-state index contributed by atoms with van der Waals surface area (Å²) >= 11 is 0. The first-order valence-corrected chi connectivity index (χ1v) is 7.43. The highest BCUT2D eigenvalue weighted by molar-refractivity contribution is 5.98. The van der Waals surface area contributed by atoms with E-state index in [9.17, 15) is 0 Å². The Kier molecular flexibility index (Phi) is 5.02. The van der Waals surface area contributed by atoms with Crippen molar-refractivity contribution in [1.82, 2.24) is 4.98 Å². The molecule has 0 bridgehead atoms. The summed E-state index contributed by atoms with van der Waals surface area (Å²) in [5, 5.41) is 1.20. The van der Waals surface area contributed by atoms with E-state index in [0.29, 0.717) is 0 Å². The smallest absolute Gasteiger partial charge is 0.145 e. The maximum absolute atomic E-state index is 5.61. The highest BCUT2D eigenvalue weighted by Crippen LogP contribution is 2.35. The minimum Gasteiger partial charge on any atom is -0.494 e. The van der Waals surface area contributed by atoms with Gasteiger partial charge in [0.15, 0.2) is 0 Å². The first-order valence-electron chi connectivity index (χ1n) is 7.43. The quantitative estimate of drug-likeness (QED) is 0.830. The fraction of sp³-hybridized carbons (Fsp3) is 0.471. The summed E-state index contributed by atoms with van der Waals surface area (Å²) < 4.78 is 5.50. The lowest BCUT2D eigenvalue weighted by molar-refractivity contribution is 0.418. The molecule has 0 spiro atoms. The zero-order chi connectivity index (χ0) is 15.4. The van der Waals surface area contributed by atoms with Crippen LogP contribution < -0.4 is 15.4 Å². The number of hydrogen-bond donors (Lipinski definition) is 1. The van der Waals surface area contributed by atoms with Crippen LogP contribution in [0.1, 0.15) is 24.1 Å². The maximum atomic E-state index is 5.61. The molecule has 0 radical (unpaired) electrons. The standard InChI is InChI=1S/C17H25N3O/c1-12-11-14(20(2)3)16-13(7-5-6-10-18)8-9-15(21-4)17(16)19-12/h8-9,11H,5-7,10,18H2,1-4H3. The predicted octanol–water partition coefficient (Wildman–Crippen LogP) is 2.90. The fourth-order valence-electron chi connectivity index (χ4n) is 2.67. The van der Waals surface area contributed by atoms with E-state index in [0.717, 1.165) is 42.8 Å². The van der Waals surface area contributed by atoms with Crippen molar-refractivity contribution in [3.05, 3.63) is 29.5 Å². The van der Waals surface area contributed by atoms with Crippen molar-refractivity contribution in [2.45, 2.75) is 26.2 Å². The van der Waals surface area contributed by atoms with Crippen LogP contribution in [0, 0.1) is 6.92 Å². The van der Waals surface area contributed by atoms with Gasteiger partial charge in [0.1, 0.15) is 11.3 Å². The normalized spacial score (nSPS) is 10.9. The van der Waals surface area contributed by atoms with E-state index in [1.807, 2.05) is 13.0 Å². The van der Waals surface area contributed by atoms with Crippen molar-refractivity contribution in [2.24, 2.45) is 5.73 Å². The molecule has 0 amide bonds. The third kappa shape index (κ3) is 3.27. The third-order valence-electron chi connectivity index (χ3n) is 3.72. The monoisotopic (exact) mass is 287 g/mol. The fourth-order valence-corrected chi connectivity index (χ4v) is 2.67. The van der Waals surface area contributed by atoms with Crippen LogP contribution in [-0.4, -0.2) is 32.7 Å². The molecule has 21 heavy (non-hydrogen) atoms. The number of nitrogens with zero attached hydrogens (tertiary/aromatic N) is 2. The number of methoxy groups -OCH3 is 1. The molecule has 2 N–H and O–H groups in total. The van der Waals surface area contributed by atoms with Crippen molar-refractivity contribution < 1.29 is 4.74 Å². The highest BCUT2D eigenvalue weighted by atomic mass is 16.5. The summed E-state index contributed by atoms with van der Waals surface area (Å²) in [5.74, 6) is 0.833. The van der Waals surface area contributed by atoms with E-state index >= 15 is 0 Å². The van der Waals surface area contributed by atoms with Crippen molar-refractivity contribution in [2.75, 3.05) is 32.6 Å². The van der Waals surface area contributed by atoms with Gasteiger partial charge >= 0.3 is 0 Å². The van der Waals surface area contributed by atoms with Crippen molar-refractivity contribution in [1.29, 1.82) is 0 Å². The number of aromatic nitrogens is 1. The van der Waals surface area contributed by atoms with Gasteiger partial charge in [0.2, 0.25) is 0 Å². The molecule has 0 atom stereocenters. The Morgan fingerprint density at radius 2 is 2.00 bits per heavy atom. The molecule has 0 saturated carbocycles. The summed E-state index contributed by atoms with van der Waals surface area (Å²) in [6.07, 6.45) is 3.16. The van der Waals surface area contributed by atoms with Crippen LogP contribution in [0.4, 0.5) is 5.69 Å². The Hall–Kier alpha value is -1.81. The molecule has 0 aliphatic carbocycles. The molecular weight excluding hydrogens is 262 g/mol. The second-order valence-corrected chi connectivity index (χ2v) is 5.57. The number of fused-ring (bicyclic) bond motifs is 1. The summed E-state index contributed by atoms with van der Waals surface area (Å²) in [6.45, 7) is 2.76. The maximum Gasteiger partial charge on any atom is 0.145 e. The molecule has 2 aromatic rings. The van der Waals surface area contributed by atoms with Gasteiger partial charge in [-0.15, -0.1) is 0 Å². The summed E-state index contributed by atoms with van der Waals surface area (Å²) in [6, 6.07) is 6.31. The van der Waals surface area contributed by atoms with Crippen LogP contribution in [0.2, 0.25) is 0 Å². The molecular formula is C17H25N3O. The molecule has 4 heteroatoms. The van der Waals surface area contributed by atoms with Crippen LogP contribution in [0.25, 0.3) is 10.9 Å². The zero-order valence-electron chi connectivity index (χ0n) is 13.4. The Labute approximate surface area is 126 Å². The van der Waals surface area contributed by atoms with Gasteiger partial charge in [0.05, 0.1) is 7.11 Å². The van der Waals surface area contributed by atoms with E-state index in [1.54, 1.807) is 7.11 Å². The van der Waals surface area contributed by atoms with Crippen LogP contribution in [0.3, 0.4) is 0 Å². The first-order chi connectivity index (χ1) is 10.1. The van der Waals surface area contributed by atoms with E-state index < -0.39 is 0 Å². The second-order valence-electron chi connectivity index (χ2n) is 5.57. The Morgan fingerprint density at radius 3 is 2.62 bits per heavy atom. The van der Waals surface area contributed by atoms with E-state index in [1.165, 1.54) is 16.6 Å². The molecule has 1 aromatic carbocycles. The number of benzene rings is 1. The average Bonchev–Trinajstić information content (AvgIpc) is 2.46. The number of ether oxygens (including phenoxy) is 1. The molecule has 0 fully saturated rings. The molecule has 4 nitrogen and oxygen atoms in total. The average molecular weight is 287 g/mol. The van der Waals surface area contributed by atoms with Crippen molar-refractivity contribution in [3.63, 3.8) is 0 Å². The van der Waals surface area contributed by atoms with Gasteiger partial charge in [-0.3, -0.25) is 0 Å². The van der Waals surface area contributed by atoms with Gasteiger partial charge in [-0.05, 0) is 50.4 Å². The largest absolute Gasteiger partial charge is 0.494 e. The third-order valence-corrected chi connectivity index (χ3v) is 3.72. The molecule has 1 aromatic heterocycles. The lowest BCUT2D eigenvalue weighted by Crippen LogP contribution is -2.11. The number of pyridine rings is 1. The second kappa shape index (κ2) is 6.76.